The first-order valence-corrected chi connectivity index (χ1v) is 11.2. The van der Waals surface area contributed by atoms with E-state index in [-0.39, 0.29) is 10.8 Å². The molecule has 2 heteroatoms. The molecule has 1 heterocycles. The minimum Gasteiger partial charge on any atom is -0.225 e. The van der Waals surface area contributed by atoms with Crippen LogP contribution in [0, 0.1) is 6.92 Å². The summed E-state index contributed by atoms with van der Waals surface area (Å²) < 4.78 is 4.75. The van der Waals surface area contributed by atoms with Gasteiger partial charge in [-0.2, -0.15) is 4.57 Å². The fraction of sp³-hybridized carbons (Fsp3) is 0.345. The van der Waals surface area contributed by atoms with Gasteiger partial charge >= 0.3 is 0 Å². The molecule has 0 atom stereocenters. The predicted octanol–water partition coefficient (Wildman–Crippen LogP) is 7.03. The second-order valence-electron chi connectivity index (χ2n) is 10.8. The number of benzene rings is 3. The molecule has 1 aromatic heterocycles. The van der Waals surface area contributed by atoms with Crippen LogP contribution in [0.4, 0.5) is 0 Å². The van der Waals surface area contributed by atoms with Crippen LogP contribution < -0.4 is 4.57 Å². The van der Waals surface area contributed by atoms with Gasteiger partial charge in [-0.3, -0.25) is 0 Å². The highest BCUT2D eigenvalue weighted by Crippen LogP contribution is 2.33. The summed E-state index contributed by atoms with van der Waals surface area (Å²) in [4.78, 5) is 0. The molecule has 0 saturated heterocycles. The Hall–Kier alpha value is -2.87. The van der Waals surface area contributed by atoms with Crippen LogP contribution in [0.3, 0.4) is 0 Å². The van der Waals surface area contributed by atoms with E-state index in [0.29, 0.717) is 0 Å². The normalized spacial score (nSPS) is 12.5. The van der Waals surface area contributed by atoms with Gasteiger partial charge in [0.2, 0.25) is 0 Å². The summed E-state index contributed by atoms with van der Waals surface area (Å²) in [6, 6.07) is 24.7. The van der Waals surface area contributed by atoms with Crippen molar-refractivity contribution in [3.8, 4) is 17.1 Å². The summed E-state index contributed by atoms with van der Waals surface area (Å²) in [6.07, 6.45) is 0. The lowest BCUT2D eigenvalue weighted by Gasteiger charge is -2.20. The Morgan fingerprint density at radius 1 is 0.710 bits per heavy atom. The molecule has 4 rings (SSSR count). The Kier molecular flexibility index (Phi) is 5.08. The van der Waals surface area contributed by atoms with Crippen molar-refractivity contribution in [1.82, 2.24) is 4.57 Å². The van der Waals surface area contributed by atoms with Crippen molar-refractivity contribution in [2.24, 2.45) is 7.05 Å². The summed E-state index contributed by atoms with van der Waals surface area (Å²) in [5.41, 5.74) is 9.18. The zero-order chi connectivity index (χ0) is 22.6. The maximum absolute atomic E-state index is 2.41. The van der Waals surface area contributed by atoms with Gasteiger partial charge < -0.3 is 0 Å². The van der Waals surface area contributed by atoms with Gasteiger partial charge in [0.1, 0.15) is 5.69 Å². The molecule has 0 radical (unpaired) electrons. The third-order valence-electron chi connectivity index (χ3n) is 6.35. The summed E-state index contributed by atoms with van der Waals surface area (Å²) in [5, 5.41) is 0. The van der Waals surface area contributed by atoms with Gasteiger partial charge in [0.25, 0.3) is 5.82 Å². The molecule has 0 amide bonds. The molecule has 3 aromatic carbocycles. The molecule has 160 valence electrons. The van der Waals surface area contributed by atoms with E-state index in [4.69, 9.17) is 0 Å². The van der Waals surface area contributed by atoms with E-state index in [2.05, 4.69) is 131 Å². The van der Waals surface area contributed by atoms with Crippen molar-refractivity contribution in [2.75, 3.05) is 0 Å². The Morgan fingerprint density at radius 3 is 1.90 bits per heavy atom. The smallest absolute Gasteiger partial charge is 0.225 e. The van der Waals surface area contributed by atoms with Crippen molar-refractivity contribution >= 4 is 11.0 Å². The monoisotopic (exact) mass is 411 g/mol. The SMILES string of the molecule is Cc1ccc(C(C)(C)C)cc1-c1n(-c2ccc(C(C)(C)C)cc2)c2ccccc2[n+]1C. The zero-order valence-electron chi connectivity index (χ0n) is 20.2. The van der Waals surface area contributed by atoms with Crippen LogP contribution >= 0.6 is 0 Å². The number of para-hydroxylation sites is 2. The van der Waals surface area contributed by atoms with E-state index in [9.17, 15) is 0 Å². The summed E-state index contributed by atoms with van der Waals surface area (Å²) in [7, 11) is 2.18. The molecule has 2 nitrogen and oxygen atoms in total. The first kappa shape index (κ1) is 21.4. The molecule has 0 aliphatic carbocycles. The van der Waals surface area contributed by atoms with Crippen molar-refractivity contribution in [3.63, 3.8) is 0 Å². The molecule has 0 fully saturated rings. The highest BCUT2D eigenvalue weighted by atomic mass is 15.2. The van der Waals surface area contributed by atoms with E-state index < -0.39 is 0 Å². The van der Waals surface area contributed by atoms with Crippen LogP contribution in [0.25, 0.3) is 28.1 Å². The van der Waals surface area contributed by atoms with Crippen molar-refractivity contribution in [2.45, 2.75) is 59.3 Å². The number of rotatable bonds is 2. The number of imidazole rings is 1. The minimum absolute atomic E-state index is 0.103. The highest BCUT2D eigenvalue weighted by Gasteiger charge is 2.28. The van der Waals surface area contributed by atoms with Gasteiger partial charge in [-0.1, -0.05) is 77.9 Å². The summed E-state index contributed by atoms with van der Waals surface area (Å²) >= 11 is 0. The van der Waals surface area contributed by atoms with Crippen LogP contribution in [0.1, 0.15) is 58.2 Å². The topological polar surface area (TPSA) is 8.81 Å². The van der Waals surface area contributed by atoms with Crippen molar-refractivity contribution < 1.29 is 4.57 Å². The van der Waals surface area contributed by atoms with Crippen LogP contribution in [-0.4, -0.2) is 4.57 Å². The molecular formula is C29H35N2+. The largest absolute Gasteiger partial charge is 0.295 e. The van der Waals surface area contributed by atoms with Crippen LogP contribution in [0.5, 0.6) is 0 Å². The lowest BCUT2D eigenvalue weighted by atomic mass is 9.85. The van der Waals surface area contributed by atoms with Crippen molar-refractivity contribution in [1.29, 1.82) is 0 Å². The molecule has 0 spiro atoms. The fourth-order valence-corrected chi connectivity index (χ4v) is 4.32. The molecule has 0 aliphatic heterocycles. The molecular weight excluding hydrogens is 376 g/mol. The van der Waals surface area contributed by atoms with Crippen LogP contribution in [-0.2, 0) is 17.9 Å². The van der Waals surface area contributed by atoms with Crippen LogP contribution in [0.2, 0.25) is 0 Å². The molecule has 0 unspecified atom stereocenters. The molecule has 4 aromatic rings. The third-order valence-corrected chi connectivity index (χ3v) is 6.35. The fourth-order valence-electron chi connectivity index (χ4n) is 4.32. The van der Waals surface area contributed by atoms with Gasteiger partial charge in [-0.25, -0.2) is 4.57 Å². The lowest BCUT2D eigenvalue weighted by molar-refractivity contribution is -0.633. The molecule has 0 N–H and O–H groups in total. The van der Waals surface area contributed by atoms with E-state index in [1.807, 2.05) is 0 Å². The predicted molar refractivity (Wildman–Crippen MR) is 132 cm³/mol. The number of aryl methyl sites for hydroxylation is 2. The molecule has 31 heavy (non-hydrogen) atoms. The minimum atomic E-state index is 0.103. The highest BCUT2D eigenvalue weighted by molar-refractivity contribution is 5.79. The van der Waals surface area contributed by atoms with Crippen molar-refractivity contribution in [3.05, 3.63) is 83.4 Å². The van der Waals surface area contributed by atoms with Gasteiger partial charge in [0, 0.05) is 0 Å². The Bertz CT molecular complexity index is 1240. The number of nitrogens with zero attached hydrogens (tertiary/aromatic N) is 2. The Morgan fingerprint density at radius 2 is 1.29 bits per heavy atom. The van der Waals surface area contributed by atoms with Gasteiger partial charge in [0.05, 0.1) is 12.6 Å². The second kappa shape index (κ2) is 7.37. The quantitative estimate of drug-likeness (QED) is 0.313. The zero-order valence-corrected chi connectivity index (χ0v) is 20.2. The van der Waals surface area contributed by atoms with E-state index in [1.54, 1.807) is 0 Å². The number of fused-ring (bicyclic) bond motifs is 1. The number of aromatic nitrogens is 2. The Labute approximate surface area is 187 Å². The number of hydrogen-bond acceptors (Lipinski definition) is 0. The summed E-state index contributed by atoms with van der Waals surface area (Å²) in [5.74, 6) is 1.22. The van der Waals surface area contributed by atoms with Gasteiger partial charge in [-0.05, 0) is 64.8 Å². The molecule has 0 aliphatic rings. The standard InChI is InChI=1S/C29H35N2/c1-20-13-14-22(29(5,6)7)19-24(20)27-30(8)25-11-9-10-12-26(25)31(27)23-17-15-21(16-18-23)28(2,3)4/h9-19H,1-8H3/q+1. The van der Waals surface area contributed by atoms with Gasteiger partial charge in [-0.15, -0.1) is 0 Å². The van der Waals surface area contributed by atoms with E-state index in [1.165, 1.54) is 44.8 Å². The number of hydrogen-bond donors (Lipinski definition) is 0. The molecule has 0 bridgehead atoms. The average Bonchev–Trinajstić information content (AvgIpc) is 2.99. The van der Waals surface area contributed by atoms with Gasteiger partial charge in [0.15, 0.2) is 11.0 Å². The summed E-state index contributed by atoms with van der Waals surface area (Å²) in [6.45, 7) is 15.8. The van der Waals surface area contributed by atoms with E-state index >= 15 is 0 Å². The van der Waals surface area contributed by atoms with Crippen LogP contribution in [0.15, 0.2) is 66.7 Å². The van der Waals surface area contributed by atoms with E-state index in [0.717, 1.165) is 0 Å². The molecule has 0 saturated carbocycles. The lowest BCUT2D eigenvalue weighted by Crippen LogP contribution is -2.30. The second-order valence-corrected chi connectivity index (χ2v) is 10.8. The maximum atomic E-state index is 2.41. The maximum Gasteiger partial charge on any atom is 0.295 e. The first-order valence-electron chi connectivity index (χ1n) is 11.2. The Balaban J connectivity index is 2.03. The third kappa shape index (κ3) is 3.80. The average molecular weight is 412 g/mol. The first-order chi connectivity index (χ1) is 14.5.